The van der Waals surface area contributed by atoms with E-state index in [0.717, 1.165) is 12.1 Å². The van der Waals surface area contributed by atoms with Crippen LogP contribution in [0.15, 0.2) is 23.1 Å². The summed E-state index contributed by atoms with van der Waals surface area (Å²) in [5, 5.41) is 19.7. The Balaban J connectivity index is 2.96. The predicted octanol–water partition coefficient (Wildman–Crippen LogP) is 0.783. The fourth-order valence-electron chi connectivity index (χ4n) is 1.24. The van der Waals surface area contributed by atoms with Crippen molar-refractivity contribution in [3.63, 3.8) is 0 Å². The van der Waals surface area contributed by atoms with Gasteiger partial charge in [0.1, 0.15) is 0 Å². The van der Waals surface area contributed by atoms with E-state index in [1.807, 2.05) is 0 Å². The third-order valence-corrected chi connectivity index (χ3v) is 3.83. The number of sulfonamides is 1. The number of nitrogens with zero attached hydrogens (tertiary/aromatic N) is 1. The molecule has 19 heavy (non-hydrogen) atoms. The van der Waals surface area contributed by atoms with Crippen molar-refractivity contribution in [1.29, 1.82) is 0 Å². The lowest BCUT2D eigenvalue weighted by atomic mass is 10.3. The van der Waals surface area contributed by atoms with Crippen LogP contribution in [0.4, 0.5) is 10.1 Å². The number of nitro benzene ring substituents is 1. The second-order valence-electron chi connectivity index (χ2n) is 3.78. The fourth-order valence-corrected chi connectivity index (χ4v) is 2.32. The van der Waals surface area contributed by atoms with Gasteiger partial charge in [0.15, 0.2) is 0 Å². The Labute approximate surface area is 109 Å². The number of aliphatic hydroxyl groups excluding tert-OH is 1. The van der Waals surface area contributed by atoms with E-state index in [-0.39, 0.29) is 6.54 Å². The second kappa shape index (κ2) is 6.04. The van der Waals surface area contributed by atoms with Gasteiger partial charge in [-0.15, -0.1) is 0 Å². The van der Waals surface area contributed by atoms with Crippen LogP contribution in [0.2, 0.25) is 0 Å². The van der Waals surface area contributed by atoms with E-state index in [2.05, 4.69) is 4.72 Å². The van der Waals surface area contributed by atoms with Gasteiger partial charge in [0.25, 0.3) is 0 Å². The average molecular weight is 292 g/mol. The minimum Gasteiger partial charge on any atom is -0.392 e. The molecule has 1 aromatic carbocycles. The zero-order valence-electron chi connectivity index (χ0n) is 10.0. The summed E-state index contributed by atoms with van der Waals surface area (Å²) < 4.78 is 38.9. The molecule has 0 aliphatic heterocycles. The summed E-state index contributed by atoms with van der Waals surface area (Å²) in [6.45, 7) is 1.46. The van der Waals surface area contributed by atoms with Crippen LogP contribution in [0.1, 0.15) is 13.3 Å². The van der Waals surface area contributed by atoms with E-state index in [1.165, 1.54) is 0 Å². The summed E-state index contributed by atoms with van der Waals surface area (Å²) in [5.41, 5.74) is -0.799. The molecule has 0 heterocycles. The van der Waals surface area contributed by atoms with Crippen LogP contribution in [-0.2, 0) is 10.0 Å². The Bertz CT molecular complexity index is 575. The largest absolute Gasteiger partial charge is 0.392 e. The third kappa shape index (κ3) is 3.94. The molecule has 1 unspecified atom stereocenters. The number of benzene rings is 1. The number of nitro groups is 1. The van der Waals surface area contributed by atoms with Gasteiger partial charge in [0, 0.05) is 18.7 Å². The van der Waals surface area contributed by atoms with Gasteiger partial charge in [-0.2, -0.15) is 4.39 Å². The summed E-state index contributed by atoms with van der Waals surface area (Å²) in [7, 11) is -4.00. The zero-order valence-corrected chi connectivity index (χ0v) is 10.9. The van der Waals surface area contributed by atoms with Crippen molar-refractivity contribution in [2.24, 2.45) is 0 Å². The molecular weight excluding hydrogens is 279 g/mol. The van der Waals surface area contributed by atoms with E-state index >= 15 is 0 Å². The highest BCUT2D eigenvalue weighted by Gasteiger charge is 2.20. The first kappa shape index (κ1) is 15.5. The van der Waals surface area contributed by atoms with Crippen LogP contribution in [0.5, 0.6) is 0 Å². The van der Waals surface area contributed by atoms with Gasteiger partial charge in [-0.1, -0.05) is 6.92 Å². The lowest BCUT2D eigenvalue weighted by Crippen LogP contribution is -2.31. The maximum Gasteiger partial charge on any atom is 0.304 e. The Hall–Kier alpha value is -1.58. The second-order valence-corrected chi connectivity index (χ2v) is 5.55. The molecule has 7 nitrogen and oxygen atoms in total. The number of hydrogen-bond donors (Lipinski definition) is 2. The van der Waals surface area contributed by atoms with Crippen LogP contribution in [0.3, 0.4) is 0 Å². The first-order valence-electron chi connectivity index (χ1n) is 5.39. The summed E-state index contributed by atoms with van der Waals surface area (Å²) in [5.74, 6) is -1.23. The van der Waals surface area contributed by atoms with Crippen molar-refractivity contribution in [2.75, 3.05) is 6.54 Å². The van der Waals surface area contributed by atoms with Crippen LogP contribution in [0, 0.1) is 15.9 Å². The van der Waals surface area contributed by atoms with Crippen molar-refractivity contribution in [3.8, 4) is 0 Å². The molecule has 1 atom stereocenters. The molecule has 0 amide bonds. The molecule has 9 heteroatoms. The molecule has 0 saturated carbocycles. The lowest BCUT2D eigenvalue weighted by Gasteiger charge is -2.10. The van der Waals surface area contributed by atoms with Gasteiger partial charge in [-0.05, 0) is 12.5 Å². The average Bonchev–Trinajstić information content (AvgIpc) is 2.35. The quantitative estimate of drug-likeness (QED) is 0.595. The summed E-state index contributed by atoms with van der Waals surface area (Å²) >= 11 is 0. The zero-order chi connectivity index (χ0) is 14.6. The molecule has 0 aliphatic carbocycles. The van der Waals surface area contributed by atoms with Crippen molar-refractivity contribution < 1.29 is 22.8 Å². The number of rotatable bonds is 6. The van der Waals surface area contributed by atoms with Crippen molar-refractivity contribution in [1.82, 2.24) is 4.72 Å². The highest BCUT2D eigenvalue weighted by atomic mass is 32.2. The highest BCUT2D eigenvalue weighted by molar-refractivity contribution is 7.89. The fraction of sp³-hybridized carbons (Fsp3) is 0.400. The smallest absolute Gasteiger partial charge is 0.304 e. The molecule has 1 rings (SSSR count). The molecule has 0 fully saturated rings. The maximum absolute atomic E-state index is 13.3. The van der Waals surface area contributed by atoms with E-state index in [1.54, 1.807) is 6.92 Å². The van der Waals surface area contributed by atoms with Gasteiger partial charge in [0.2, 0.25) is 15.8 Å². The van der Waals surface area contributed by atoms with Crippen LogP contribution in [-0.4, -0.2) is 31.1 Å². The first-order chi connectivity index (χ1) is 8.77. The number of aliphatic hydroxyl groups is 1. The molecule has 0 saturated heterocycles. The van der Waals surface area contributed by atoms with Crippen LogP contribution < -0.4 is 4.72 Å². The Kier molecular flexibility index (Phi) is 4.92. The number of hydrogen-bond acceptors (Lipinski definition) is 5. The van der Waals surface area contributed by atoms with Crippen molar-refractivity contribution in [2.45, 2.75) is 24.3 Å². The molecule has 1 aromatic rings. The van der Waals surface area contributed by atoms with Crippen LogP contribution in [0.25, 0.3) is 0 Å². The Morgan fingerprint density at radius 3 is 2.63 bits per heavy atom. The van der Waals surface area contributed by atoms with E-state index in [9.17, 15) is 28.0 Å². The third-order valence-electron chi connectivity index (χ3n) is 2.41. The van der Waals surface area contributed by atoms with Gasteiger partial charge in [-0.25, -0.2) is 13.1 Å². The van der Waals surface area contributed by atoms with Gasteiger partial charge < -0.3 is 5.11 Å². The summed E-state index contributed by atoms with van der Waals surface area (Å²) in [6, 6.07) is 2.28. The Morgan fingerprint density at radius 2 is 2.16 bits per heavy atom. The minimum atomic E-state index is -4.00. The molecule has 2 N–H and O–H groups in total. The normalized spacial score (nSPS) is 13.2. The van der Waals surface area contributed by atoms with Crippen LogP contribution >= 0.6 is 0 Å². The van der Waals surface area contributed by atoms with E-state index in [0.29, 0.717) is 12.5 Å². The van der Waals surface area contributed by atoms with Gasteiger partial charge in [-0.3, -0.25) is 10.1 Å². The number of nitrogens with one attached hydrogen (secondary N) is 1. The maximum atomic E-state index is 13.3. The van der Waals surface area contributed by atoms with Crippen molar-refractivity contribution >= 4 is 15.7 Å². The predicted molar refractivity (Wildman–Crippen MR) is 64.5 cm³/mol. The topological polar surface area (TPSA) is 110 Å². The molecule has 0 aliphatic rings. The molecule has 0 radical (unpaired) electrons. The number of halogens is 1. The molecule has 106 valence electrons. The SMILES string of the molecule is CCC(O)CNS(=O)(=O)c1ccc([N+](=O)[O-])c(F)c1. The first-order valence-corrected chi connectivity index (χ1v) is 6.88. The summed E-state index contributed by atoms with van der Waals surface area (Å²) in [4.78, 5) is 9.03. The standard InChI is InChI=1S/C10H13FN2O5S/c1-2-7(14)6-12-19(17,18)8-3-4-10(13(15)16)9(11)5-8/h3-5,7,12,14H,2,6H2,1H3. The van der Waals surface area contributed by atoms with E-state index < -0.39 is 37.5 Å². The highest BCUT2D eigenvalue weighted by Crippen LogP contribution is 2.20. The molecule has 0 aromatic heterocycles. The molecular formula is C10H13FN2O5S. The monoisotopic (exact) mass is 292 g/mol. The Morgan fingerprint density at radius 1 is 1.53 bits per heavy atom. The van der Waals surface area contributed by atoms with E-state index in [4.69, 9.17) is 0 Å². The molecule has 0 spiro atoms. The lowest BCUT2D eigenvalue weighted by molar-refractivity contribution is -0.387. The van der Waals surface area contributed by atoms with Crippen molar-refractivity contribution in [3.05, 3.63) is 34.1 Å². The van der Waals surface area contributed by atoms with Gasteiger partial charge >= 0.3 is 5.69 Å². The minimum absolute atomic E-state index is 0.211. The van der Waals surface area contributed by atoms with Gasteiger partial charge in [0.05, 0.1) is 15.9 Å². The molecule has 0 bridgehead atoms. The summed E-state index contributed by atoms with van der Waals surface area (Å²) in [6.07, 6.45) is -0.491.